The molecule has 1 aromatic heterocycles. The van der Waals surface area contributed by atoms with Crippen molar-refractivity contribution >= 4 is 29.3 Å². The highest BCUT2D eigenvalue weighted by molar-refractivity contribution is 6.24. The monoisotopic (exact) mass is 535 g/mol. The van der Waals surface area contributed by atoms with Crippen molar-refractivity contribution in [3.8, 4) is 22.8 Å². The van der Waals surface area contributed by atoms with Crippen LogP contribution in [0.3, 0.4) is 0 Å². The topological polar surface area (TPSA) is 114 Å². The van der Waals surface area contributed by atoms with Crippen molar-refractivity contribution in [2.45, 2.75) is 13.3 Å². The summed E-state index contributed by atoms with van der Waals surface area (Å²) >= 11 is 0. The van der Waals surface area contributed by atoms with E-state index in [1.165, 1.54) is 40.2 Å². The molecule has 2 heterocycles. The predicted octanol–water partition coefficient (Wildman–Crippen LogP) is 4.67. The number of guanidine groups is 1. The molecule has 4 aromatic rings. The summed E-state index contributed by atoms with van der Waals surface area (Å²) < 4.78 is 42.4. The quantitative estimate of drug-likeness (QED) is 0.384. The van der Waals surface area contributed by atoms with Crippen LogP contribution in [0.2, 0.25) is 0 Å². The molecule has 3 amide bonds. The van der Waals surface area contributed by atoms with Crippen molar-refractivity contribution in [3.05, 3.63) is 84.7 Å². The first kappa shape index (κ1) is 25.4. The van der Waals surface area contributed by atoms with Gasteiger partial charge >= 0.3 is 12.4 Å². The van der Waals surface area contributed by atoms with Crippen LogP contribution in [-0.4, -0.2) is 45.6 Å². The van der Waals surface area contributed by atoms with Gasteiger partial charge in [0.2, 0.25) is 5.96 Å². The molecule has 0 unspecified atom stereocenters. The Morgan fingerprint density at radius 3 is 2.46 bits per heavy atom. The summed E-state index contributed by atoms with van der Waals surface area (Å²) in [6.07, 6.45) is -3.34. The highest BCUT2D eigenvalue weighted by Crippen LogP contribution is 2.25. The third-order valence-corrected chi connectivity index (χ3v) is 5.64. The number of amides is 3. The Hall–Kier alpha value is -5.20. The second-order valence-electron chi connectivity index (χ2n) is 8.37. The fourth-order valence-electron chi connectivity index (χ4n) is 3.85. The van der Waals surface area contributed by atoms with E-state index in [1.54, 1.807) is 36.4 Å². The molecule has 3 aromatic carbocycles. The number of aromatic nitrogens is 3. The zero-order chi connectivity index (χ0) is 27.6. The van der Waals surface area contributed by atoms with E-state index in [0.717, 1.165) is 5.56 Å². The molecule has 5 rings (SSSR count). The van der Waals surface area contributed by atoms with Crippen LogP contribution in [0.5, 0.6) is 5.75 Å². The lowest BCUT2D eigenvalue weighted by atomic mass is 10.2. The van der Waals surface area contributed by atoms with Crippen LogP contribution in [0.25, 0.3) is 17.1 Å². The first-order valence-electron chi connectivity index (χ1n) is 11.6. The van der Waals surface area contributed by atoms with Gasteiger partial charge in [0, 0.05) is 11.3 Å². The Labute approximate surface area is 219 Å². The van der Waals surface area contributed by atoms with Gasteiger partial charge in [-0.1, -0.05) is 18.2 Å². The second kappa shape index (κ2) is 10.3. The number of benzene rings is 3. The summed E-state index contributed by atoms with van der Waals surface area (Å²) in [5, 5.41) is 9.86. The first-order valence-corrected chi connectivity index (χ1v) is 11.6. The minimum Gasteiger partial charge on any atom is -0.406 e. The number of halogens is 3. The molecule has 2 N–H and O–H groups in total. The third-order valence-electron chi connectivity index (χ3n) is 5.64. The highest BCUT2D eigenvalue weighted by atomic mass is 19.4. The Morgan fingerprint density at radius 2 is 1.77 bits per heavy atom. The van der Waals surface area contributed by atoms with Crippen molar-refractivity contribution in [1.82, 2.24) is 20.1 Å². The van der Waals surface area contributed by atoms with Crippen molar-refractivity contribution in [2.75, 3.05) is 16.8 Å². The number of nitrogens with one attached hydrogen (secondary N) is 2. The van der Waals surface area contributed by atoms with E-state index < -0.39 is 12.4 Å². The lowest BCUT2D eigenvalue weighted by Crippen LogP contribution is -2.34. The maximum absolute atomic E-state index is 12.6. The Bertz CT molecular complexity index is 1550. The van der Waals surface area contributed by atoms with E-state index in [9.17, 15) is 22.8 Å². The van der Waals surface area contributed by atoms with E-state index in [1.807, 2.05) is 19.1 Å². The number of carbonyl (C=O) groups is 2. The zero-order valence-corrected chi connectivity index (χ0v) is 20.3. The van der Waals surface area contributed by atoms with Gasteiger partial charge in [-0.25, -0.2) is 19.4 Å². The minimum absolute atomic E-state index is 0.0280. The van der Waals surface area contributed by atoms with Crippen LogP contribution in [0.4, 0.5) is 29.3 Å². The number of carbonyl (C=O) groups excluding carboxylic acids is 2. The highest BCUT2D eigenvalue weighted by Gasteiger charge is 2.31. The Morgan fingerprint density at radius 1 is 1.05 bits per heavy atom. The number of hydrogen-bond donors (Lipinski definition) is 2. The standard InChI is InChI=1S/C26H20F3N7O3/c1-16-4-2-3-5-21(16)36-22(37)14-30-24(36)33-25(38)32-18-8-6-17(7-9-18)23-31-15-35(34-23)19-10-12-20(13-11-19)39-26(27,28)29/h2-13,15H,14H2,1H3,(H2,30,32,33,38). The molecule has 1 aliphatic heterocycles. The van der Waals surface area contributed by atoms with Crippen LogP contribution in [0, 0.1) is 6.92 Å². The van der Waals surface area contributed by atoms with E-state index in [4.69, 9.17) is 0 Å². The molecule has 198 valence electrons. The minimum atomic E-state index is -4.77. The Balaban J connectivity index is 1.25. The van der Waals surface area contributed by atoms with Gasteiger partial charge in [0.25, 0.3) is 5.91 Å². The summed E-state index contributed by atoms with van der Waals surface area (Å²) in [5.74, 6) is -0.0623. The molecular weight excluding hydrogens is 515 g/mol. The molecule has 0 saturated carbocycles. The molecule has 1 aliphatic rings. The molecule has 0 atom stereocenters. The molecule has 10 nitrogen and oxygen atoms in total. The fraction of sp³-hybridized carbons (Fsp3) is 0.115. The fourth-order valence-corrected chi connectivity index (χ4v) is 3.85. The van der Waals surface area contributed by atoms with Gasteiger partial charge in [0.05, 0.1) is 17.9 Å². The maximum Gasteiger partial charge on any atom is 0.573 e. The number of para-hydroxylation sites is 1. The summed E-state index contributed by atoms with van der Waals surface area (Å²) in [6.45, 7) is 1.89. The van der Waals surface area contributed by atoms with Crippen LogP contribution in [0.1, 0.15) is 5.56 Å². The number of nitrogens with zero attached hydrogens (tertiary/aromatic N) is 5. The molecule has 1 saturated heterocycles. The maximum atomic E-state index is 12.6. The van der Waals surface area contributed by atoms with Gasteiger partial charge in [0.15, 0.2) is 5.82 Å². The van der Waals surface area contributed by atoms with Gasteiger partial charge in [-0.3, -0.25) is 4.79 Å². The van der Waals surface area contributed by atoms with E-state index in [0.29, 0.717) is 28.5 Å². The molecule has 0 spiro atoms. The smallest absolute Gasteiger partial charge is 0.406 e. The predicted molar refractivity (Wildman–Crippen MR) is 137 cm³/mol. The number of hydrogen-bond acceptors (Lipinski definition) is 5. The number of rotatable bonds is 5. The van der Waals surface area contributed by atoms with Gasteiger partial charge in [-0.05, 0) is 67.1 Å². The number of alkyl halides is 3. The molecule has 0 radical (unpaired) electrons. The average molecular weight is 535 g/mol. The molecule has 0 aliphatic carbocycles. The van der Waals surface area contributed by atoms with E-state index >= 15 is 0 Å². The number of ether oxygens (including phenoxy) is 1. The Kier molecular flexibility index (Phi) is 6.71. The second-order valence-corrected chi connectivity index (χ2v) is 8.37. The average Bonchev–Trinajstić information content (AvgIpc) is 3.52. The van der Waals surface area contributed by atoms with Crippen LogP contribution < -0.4 is 20.3 Å². The van der Waals surface area contributed by atoms with E-state index in [2.05, 4.69) is 30.4 Å². The summed E-state index contributed by atoms with van der Waals surface area (Å²) in [7, 11) is 0. The summed E-state index contributed by atoms with van der Waals surface area (Å²) in [5.41, 5.74) is 3.09. The van der Waals surface area contributed by atoms with Gasteiger partial charge in [-0.15, -0.1) is 18.3 Å². The van der Waals surface area contributed by atoms with Crippen LogP contribution >= 0.6 is 0 Å². The van der Waals surface area contributed by atoms with Gasteiger partial charge in [-0.2, -0.15) is 4.99 Å². The largest absolute Gasteiger partial charge is 0.573 e. The molecule has 1 fully saturated rings. The lowest BCUT2D eigenvalue weighted by molar-refractivity contribution is -0.274. The molecule has 39 heavy (non-hydrogen) atoms. The summed E-state index contributed by atoms with van der Waals surface area (Å²) in [6, 6.07) is 18.5. The number of anilines is 2. The van der Waals surface area contributed by atoms with Crippen molar-refractivity contribution in [3.63, 3.8) is 0 Å². The SMILES string of the molecule is Cc1ccccc1N1C(=O)CN/C1=N\C(=O)Nc1ccc(-c2ncn(-c3ccc(OC(F)(F)F)cc3)n2)cc1. The normalized spacial score (nSPS) is 14.4. The third kappa shape index (κ3) is 5.87. The number of aryl methyl sites for hydroxylation is 1. The lowest BCUT2D eigenvalue weighted by Gasteiger charge is -2.17. The number of urea groups is 1. The first-order chi connectivity index (χ1) is 18.7. The summed E-state index contributed by atoms with van der Waals surface area (Å²) in [4.78, 5) is 34.6. The van der Waals surface area contributed by atoms with Crippen molar-refractivity contribution < 1.29 is 27.5 Å². The molecule has 13 heteroatoms. The van der Waals surface area contributed by atoms with Crippen molar-refractivity contribution in [1.29, 1.82) is 0 Å². The molecule has 0 bridgehead atoms. The molecular formula is C26H20F3N7O3. The van der Waals surface area contributed by atoms with Crippen LogP contribution in [0.15, 0.2) is 84.1 Å². The van der Waals surface area contributed by atoms with Gasteiger partial charge < -0.3 is 15.4 Å². The van der Waals surface area contributed by atoms with Crippen LogP contribution in [-0.2, 0) is 4.79 Å². The van der Waals surface area contributed by atoms with Crippen molar-refractivity contribution in [2.24, 2.45) is 4.99 Å². The number of aliphatic imine (C=N–C) groups is 1. The zero-order valence-electron chi connectivity index (χ0n) is 20.3. The van der Waals surface area contributed by atoms with Gasteiger partial charge in [0.1, 0.15) is 12.1 Å². The van der Waals surface area contributed by atoms with E-state index in [-0.39, 0.29) is 24.2 Å².